The van der Waals surface area contributed by atoms with Gasteiger partial charge in [0.05, 0.1) is 0 Å². The molecule has 2 aliphatic carbocycles. The van der Waals surface area contributed by atoms with Crippen LogP contribution in [0.2, 0.25) is 0 Å². The summed E-state index contributed by atoms with van der Waals surface area (Å²) < 4.78 is 1.19. The van der Waals surface area contributed by atoms with Crippen molar-refractivity contribution < 1.29 is 0 Å². The zero-order valence-electron chi connectivity index (χ0n) is 13.2. The predicted molar refractivity (Wildman–Crippen MR) is 92.2 cm³/mol. The normalized spacial score (nSPS) is 29.3. The summed E-state index contributed by atoms with van der Waals surface area (Å²) in [5.74, 6) is 2.90. The smallest absolute Gasteiger partial charge is 0.0478 e. The molecule has 2 fully saturated rings. The van der Waals surface area contributed by atoms with E-state index in [1.165, 1.54) is 47.8 Å². The number of nitrogens with two attached hydrogens (primary N) is 1. The molecule has 2 nitrogen and oxygen atoms in total. The Kier molecular flexibility index (Phi) is 4.72. The van der Waals surface area contributed by atoms with E-state index in [1.54, 1.807) is 0 Å². The Bertz CT molecular complexity index is 502. The lowest BCUT2D eigenvalue weighted by Crippen LogP contribution is -2.35. The number of benzene rings is 1. The van der Waals surface area contributed by atoms with Crippen LogP contribution < -0.4 is 5.73 Å². The fourth-order valence-corrected chi connectivity index (χ4v) is 5.30. The Morgan fingerprint density at radius 1 is 1.33 bits per heavy atom. The van der Waals surface area contributed by atoms with Gasteiger partial charge in [-0.2, -0.15) is 0 Å². The minimum Gasteiger partial charge on any atom is -0.329 e. The summed E-state index contributed by atoms with van der Waals surface area (Å²) in [7, 11) is 2.25. The lowest BCUT2D eigenvalue weighted by molar-refractivity contribution is 0.175. The van der Waals surface area contributed by atoms with E-state index in [4.69, 9.17) is 5.73 Å². The maximum Gasteiger partial charge on any atom is 0.0478 e. The Hall–Kier alpha value is -0.380. The Labute approximate surface area is 137 Å². The summed E-state index contributed by atoms with van der Waals surface area (Å²) in [5, 5.41) is 0. The number of halogens is 1. The van der Waals surface area contributed by atoms with Crippen molar-refractivity contribution in [2.75, 3.05) is 20.1 Å². The number of fused-ring (bicyclic) bond motifs is 2. The van der Waals surface area contributed by atoms with Crippen molar-refractivity contribution in [3.05, 3.63) is 33.8 Å². The summed E-state index contributed by atoms with van der Waals surface area (Å²) in [6.45, 7) is 4.01. The first-order valence-corrected chi connectivity index (χ1v) is 9.04. The van der Waals surface area contributed by atoms with Gasteiger partial charge in [0.2, 0.25) is 0 Å². The van der Waals surface area contributed by atoms with Crippen LogP contribution in [0.15, 0.2) is 22.7 Å². The van der Waals surface area contributed by atoms with Crippen molar-refractivity contribution in [2.45, 2.75) is 38.6 Å². The maximum atomic E-state index is 6.10. The second-order valence-electron chi connectivity index (χ2n) is 7.15. The molecule has 1 aromatic rings. The summed E-state index contributed by atoms with van der Waals surface area (Å²) in [6, 6.07) is 6.94. The molecule has 0 aromatic heterocycles. The van der Waals surface area contributed by atoms with E-state index in [0.717, 1.165) is 17.8 Å². The molecule has 2 saturated carbocycles. The average molecular weight is 351 g/mol. The van der Waals surface area contributed by atoms with Crippen LogP contribution >= 0.6 is 15.9 Å². The third kappa shape index (κ3) is 3.20. The summed E-state index contributed by atoms with van der Waals surface area (Å²) in [5.41, 5.74) is 8.72. The van der Waals surface area contributed by atoms with Crippen molar-refractivity contribution in [2.24, 2.45) is 23.5 Å². The van der Waals surface area contributed by atoms with Gasteiger partial charge in [0.25, 0.3) is 0 Å². The standard InChI is InChI=1S/C18H27BrN2/c1-12-3-6-16(17(19)7-12)18(10-20)21(2)11-15-9-13-4-5-14(15)8-13/h3,6-7,13-15,18H,4-5,8-11,20H2,1-2H3. The van der Waals surface area contributed by atoms with Gasteiger partial charge in [-0.25, -0.2) is 0 Å². The van der Waals surface area contributed by atoms with E-state index in [2.05, 4.69) is 53.0 Å². The highest BCUT2D eigenvalue weighted by Gasteiger charge is 2.40. The molecule has 21 heavy (non-hydrogen) atoms. The number of aryl methyl sites for hydroxylation is 1. The van der Waals surface area contributed by atoms with E-state index < -0.39 is 0 Å². The van der Waals surface area contributed by atoms with Crippen molar-refractivity contribution in [1.29, 1.82) is 0 Å². The molecule has 0 amide bonds. The van der Waals surface area contributed by atoms with Crippen molar-refractivity contribution in [3.63, 3.8) is 0 Å². The lowest BCUT2D eigenvalue weighted by Gasteiger charge is -2.33. The molecule has 4 atom stereocenters. The SMILES string of the molecule is Cc1ccc(C(CN)N(C)CC2CC3CCC2C3)c(Br)c1. The molecule has 0 aliphatic heterocycles. The molecule has 0 heterocycles. The average Bonchev–Trinajstić information content (AvgIpc) is 3.04. The van der Waals surface area contributed by atoms with Crippen LogP contribution in [-0.4, -0.2) is 25.0 Å². The van der Waals surface area contributed by atoms with Crippen molar-refractivity contribution in [3.8, 4) is 0 Å². The van der Waals surface area contributed by atoms with Gasteiger partial charge in [0, 0.05) is 23.6 Å². The van der Waals surface area contributed by atoms with E-state index in [9.17, 15) is 0 Å². The maximum absolute atomic E-state index is 6.10. The van der Waals surface area contributed by atoms with Gasteiger partial charge in [0.1, 0.15) is 0 Å². The van der Waals surface area contributed by atoms with Gasteiger partial charge in [0.15, 0.2) is 0 Å². The first-order chi connectivity index (χ1) is 10.1. The molecule has 3 rings (SSSR count). The minimum atomic E-state index is 0.319. The summed E-state index contributed by atoms with van der Waals surface area (Å²) in [6.07, 6.45) is 5.88. The molecule has 0 radical (unpaired) electrons. The molecule has 2 bridgehead atoms. The number of likely N-dealkylation sites (N-methyl/N-ethyl adjacent to an activating group) is 1. The second-order valence-corrected chi connectivity index (χ2v) is 8.01. The van der Waals surface area contributed by atoms with Gasteiger partial charge >= 0.3 is 0 Å². The van der Waals surface area contributed by atoms with E-state index in [1.807, 2.05) is 0 Å². The predicted octanol–water partition coefficient (Wildman–Crippen LogP) is 4.13. The van der Waals surface area contributed by atoms with Crippen LogP contribution in [-0.2, 0) is 0 Å². The van der Waals surface area contributed by atoms with Crippen molar-refractivity contribution in [1.82, 2.24) is 4.90 Å². The topological polar surface area (TPSA) is 29.3 Å². The third-order valence-electron chi connectivity index (χ3n) is 5.68. The van der Waals surface area contributed by atoms with Crippen LogP contribution in [0.3, 0.4) is 0 Å². The molecule has 4 unspecified atom stereocenters. The lowest BCUT2D eigenvalue weighted by atomic mass is 9.88. The molecule has 2 N–H and O–H groups in total. The van der Waals surface area contributed by atoms with E-state index in [-0.39, 0.29) is 0 Å². The first-order valence-electron chi connectivity index (χ1n) is 8.24. The minimum absolute atomic E-state index is 0.319. The second kappa shape index (κ2) is 6.39. The number of hydrogen-bond donors (Lipinski definition) is 1. The molecule has 116 valence electrons. The van der Waals surface area contributed by atoms with Crippen LogP contribution in [0.5, 0.6) is 0 Å². The fraction of sp³-hybridized carbons (Fsp3) is 0.667. The van der Waals surface area contributed by atoms with Gasteiger partial charge in [-0.1, -0.05) is 34.5 Å². The van der Waals surface area contributed by atoms with E-state index in [0.29, 0.717) is 12.6 Å². The zero-order valence-corrected chi connectivity index (χ0v) is 14.8. The molecular formula is C18H27BrN2. The van der Waals surface area contributed by atoms with Gasteiger partial charge < -0.3 is 5.73 Å². The molecule has 1 aromatic carbocycles. The van der Waals surface area contributed by atoms with Crippen molar-refractivity contribution >= 4 is 15.9 Å². The van der Waals surface area contributed by atoms with Gasteiger partial charge in [-0.05, 0) is 68.2 Å². The highest BCUT2D eigenvalue weighted by Crippen LogP contribution is 2.48. The summed E-state index contributed by atoms with van der Waals surface area (Å²) >= 11 is 3.72. The first kappa shape index (κ1) is 15.5. The number of rotatable bonds is 5. The van der Waals surface area contributed by atoms with E-state index >= 15 is 0 Å². The number of nitrogens with zero attached hydrogens (tertiary/aromatic N) is 1. The van der Waals surface area contributed by atoms with Crippen LogP contribution in [0.4, 0.5) is 0 Å². The highest BCUT2D eigenvalue weighted by molar-refractivity contribution is 9.10. The summed E-state index contributed by atoms with van der Waals surface area (Å²) in [4.78, 5) is 2.49. The molecular weight excluding hydrogens is 324 g/mol. The third-order valence-corrected chi connectivity index (χ3v) is 6.36. The quantitative estimate of drug-likeness (QED) is 0.864. The van der Waals surface area contributed by atoms with Gasteiger partial charge in [-0.15, -0.1) is 0 Å². The Morgan fingerprint density at radius 3 is 2.71 bits per heavy atom. The van der Waals surface area contributed by atoms with Crippen LogP contribution in [0, 0.1) is 24.7 Å². The number of hydrogen-bond acceptors (Lipinski definition) is 2. The van der Waals surface area contributed by atoms with Crippen LogP contribution in [0.25, 0.3) is 0 Å². The molecule has 0 spiro atoms. The molecule has 0 saturated heterocycles. The fourth-order valence-electron chi connectivity index (χ4n) is 4.54. The Morgan fingerprint density at radius 2 is 2.14 bits per heavy atom. The van der Waals surface area contributed by atoms with Crippen LogP contribution in [0.1, 0.15) is 42.9 Å². The van der Waals surface area contributed by atoms with Gasteiger partial charge in [-0.3, -0.25) is 4.90 Å². The zero-order chi connectivity index (χ0) is 15.0. The molecule has 3 heteroatoms. The molecule has 2 aliphatic rings. The highest BCUT2D eigenvalue weighted by atomic mass is 79.9. The monoisotopic (exact) mass is 350 g/mol. The largest absolute Gasteiger partial charge is 0.329 e. The Balaban J connectivity index is 1.70.